The minimum absolute atomic E-state index is 0.484. The van der Waals surface area contributed by atoms with Crippen LogP contribution < -0.4 is 0 Å². The molecule has 0 bridgehead atoms. The maximum atomic E-state index is 12.7. The Kier molecular flexibility index (Phi) is 5.28. The lowest BCUT2D eigenvalue weighted by molar-refractivity contribution is -0.169. The molecular weight excluding hydrogens is 295 g/mol. The van der Waals surface area contributed by atoms with Gasteiger partial charge in [0.2, 0.25) is 0 Å². The van der Waals surface area contributed by atoms with Gasteiger partial charge in [-0.3, -0.25) is 4.79 Å². The molecule has 0 aliphatic heterocycles. The molecule has 0 amide bonds. The van der Waals surface area contributed by atoms with E-state index in [4.69, 9.17) is 10.2 Å². The second-order valence-electron chi connectivity index (χ2n) is 4.00. The molecule has 0 saturated heterocycles. The quantitative estimate of drug-likeness (QED) is 0.794. The van der Waals surface area contributed by atoms with Crippen molar-refractivity contribution in [2.24, 2.45) is 0 Å². The van der Waals surface area contributed by atoms with E-state index >= 15 is 0 Å². The minimum atomic E-state index is -4.75. The number of hydrogen-bond acceptors (Lipinski definition) is 5. The first kappa shape index (κ1) is 16.9. The summed E-state index contributed by atoms with van der Waals surface area (Å²) in [7, 11) is 1.02. The van der Waals surface area contributed by atoms with E-state index in [0.717, 1.165) is 19.2 Å². The highest BCUT2D eigenvalue weighted by Gasteiger charge is 2.36. The largest absolute Gasteiger partial charge is 0.480 e. The lowest BCUT2D eigenvalue weighted by Gasteiger charge is -2.22. The predicted octanol–water partition coefficient (Wildman–Crippen LogP) is 1.15. The molecule has 0 aliphatic carbocycles. The summed E-state index contributed by atoms with van der Waals surface area (Å²) >= 11 is 0. The SMILES string of the molecule is CN(OC(=O)c1ccccc1C(F)(F)F)[C@@H](CO)C(=O)O. The lowest BCUT2D eigenvalue weighted by Crippen LogP contribution is -2.42. The van der Waals surface area contributed by atoms with Crippen LogP contribution in [0.2, 0.25) is 0 Å². The summed E-state index contributed by atoms with van der Waals surface area (Å²) in [6.07, 6.45) is -4.75. The van der Waals surface area contributed by atoms with Crippen molar-refractivity contribution in [1.29, 1.82) is 0 Å². The lowest BCUT2D eigenvalue weighted by atomic mass is 10.1. The number of carbonyl (C=O) groups excluding carboxylic acids is 1. The number of likely N-dealkylation sites (N-methyl/N-ethyl adjacent to an activating group) is 1. The van der Waals surface area contributed by atoms with Gasteiger partial charge in [0.1, 0.15) is 0 Å². The number of aliphatic hydroxyl groups is 1. The van der Waals surface area contributed by atoms with E-state index in [1.165, 1.54) is 6.07 Å². The number of halogens is 3. The average Bonchev–Trinajstić information content (AvgIpc) is 2.37. The third-order valence-electron chi connectivity index (χ3n) is 2.58. The summed E-state index contributed by atoms with van der Waals surface area (Å²) in [5, 5.41) is 18.1. The molecule has 0 spiro atoms. The first-order valence-corrected chi connectivity index (χ1v) is 5.63. The van der Waals surface area contributed by atoms with E-state index in [-0.39, 0.29) is 0 Å². The standard InChI is InChI=1S/C12H12F3NO5/c1-16(9(6-17)10(18)19)21-11(20)7-4-2-3-5-8(7)12(13,14)15/h2-5,9,17H,6H2,1H3,(H,18,19)/t9-/m0/s1. The third-order valence-corrected chi connectivity index (χ3v) is 2.58. The Bertz CT molecular complexity index is 532. The first-order chi connectivity index (χ1) is 9.68. The Labute approximate surface area is 117 Å². The number of carbonyl (C=O) groups is 2. The molecule has 0 aliphatic rings. The van der Waals surface area contributed by atoms with Gasteiger partial charge in [0.05, 0.1) is 17.7 Å². The van der Waals surface area contributed by atoms with Gasteiger partial charge in [0, 0.05) is 7.05 Å². The van der Waals surface area contributed by atoms with Gasteiger partial charge in [0.25, 0.3) is 0 Å². The van der Waals surface area contributed by atoms with Crippen LogP contribution >= 0.6 is 0 Å². The normalized spacial score (nSPS) is 13.0. The maximum Gasteiger partial charge on any atom is 0.417 e. The molecule has 0 radical (unpaired) electrons. The highest BCUT2D eigenvalue weighted by molar-refractivity contribution is 5.91. The van der Waals surface area contributed by atoms with Crippen molar-refractivity contribution in [3.63, 3.8) is 0 Å². The first-order valence-electron chi connectivity index (χ1n) is 5.63. The molecular formula is C12H12F3NO5. The smallest absolute Gasteiger partial charge is 0.417 e. The Balaban J connectivity index is 2.98. The summed E-state index contributed by atoms with van der Waals surface area (Å²) in [5.41, 5.74) is -1.95. The zero-order chi connectivity index (χ0) is 16.2. The van der Waals surface area contributed by atoms with Crippen LogP contribution in [0.4, 0.5) is 13.2 Å². The molecule has 1 aromatic rings. The van der Waals surface area contributed by atoms with E-state index in [1.807, 2.05) is 0 Å². The van der Waals surface area contributed by atoms with Gasteiger partial charge >= 0.3 is 18.1 Å². The van der Waals surface area contributed by atoms with E-state index in [1.54, 1.807) is 0 Å². The Morgan fingerprint density at radius 1 is 1.33 bits per heavy atom. The molecule has 1 aromatic carbocycles. The fraction of sp³-hybridized carbons (Fsp3) is 0.333. The molecule has 0 unspecified atom stereocenters. The molecule has 1 rings (SSSR count). The van der Waals surface area contributed by atoms with Crippen molar-refractivity contribution in [1.82, 2.24) is 5.06 Å². The number of benzene rings is 1. The van der Waals surface area contributed by atoms with Crippen LogP contribution in [0, 0.1) is 0 Å². The van der Waals surface area contributed by atoms with Gasteiger partial charge in [-0.05, 0) is 12.1 Å². The van der Waals surface area contributed by atoms with Gasteiger partial charge in [-0.25, -0.2) is 4.79 Å². The van der Waals surface area contributed by atoms with Crippen LogP contribution in [0.1, 0.15) is 15.9 Å². The molecule has 0 heterocycles. The highest BCUT2D eigenvalue weighted by Crippen LogP contribution is 2.32. The minimum Gasteiger partial charge on any atom is -0.480 e. The van der Waals surface area contributed by atoms with E-state index in [9.17, 15) is 22.8 Å². The Morgan fingerprint density at radius 2 is 1.90 bits per heavy atom. The maximum absolute atomic E-state index is 12.7. The number of carboxylic acid groups (broad SMARTS) is 1. The molecule has 6 nitrogen and oxygen atoms in total. The predicted molar refractivity (Wildman–Crippen MR) is 63.1 cm³/mol. The number of hydrogen-bond donors (Lipinski definition) is 2. The number of aliphatic carboxylic acids is 1. The molecule has 0 fully saturated rings. The molecule has 1 atom stereocenters. The van der Waals surface area contributed by atoms with E-state index in [2.05, 4.69) is 4.84 Å². The van der Waals surface area contributed by atoms with Crippen molar-refractivity contribution in [3.8, 4) is 0 Å². The fourth-order valence-corrected chi connectivity index (χ4v) is 1.50. The summed E-state index contributed by atoms with van der Waals surface area (Å²) < 4.78 is 38.2. The van der Waals surface area contributed by atoms with Gasteiger partial charge in [-0.15, -0.1) is 5.06 Å². The number of aliphatic hydroxyl groups excluding tert-OH is 1. The summed E-state index contributed by atoms with van der Waals surface area (Å²) in [5.74, 6) is -2.86. The van der Waals surface area contributed by atoms with Crippen LogP contribution in [0.5, 0.6) is 0 Å². The molecule has 116 valence electrons. The second-order valence-corrected chi connectivity index (χ2v) is 4.00. The van der Waals surface area contributed by atoms with Crippen molar-refractivity contribution in [3.05, 3.63) is 35.4 Å². The molecule has 0 saturated carbocycles. The Hall–Kier alpha value is -2.13. The number of rotatable bonds is 5. The van der Waals surface area contributed by atoms with Crippen LogP contribution in [0.15, 0.2) is 24.3 Å². The monoisotopic (exact) mass is 307 g/mol. The molecule has 9 heteroatoms. The van der Waals surface area contributed by atoms with E-state index in [0.29, 0.717) is 11.1 Å². The highest BCUT2D eigenvalue weighted by atomic mass is 19.4. The van der Waals surface area contributed by atoms with Gasteiger partial charge < -0.3 is 15.1 Å². The second kappa shape index (κ2) is 6.55. The van der Waals surface area contributed by atoms with Crippen LogP contribution in [0.25, 0.3) is 0 Å². The number of hydroxylamine groups is 2. The van der Waals surface area contributed by atoms with Crippen molar-refractivity contribution in [2.75, 3.05) is 13.7 Å². The van der Waals surface area contributed by atoms with Gasteiger partial charge in [0.15, 0.2) is 6.04 Å². The van der Waals surface area contributed by atoms with Crippen LogP contribution in [-0.2, 0) is 15.8 Å². The summed E-state index contributed by atoms with van der Waals surface area (Å²) in [6.45, 7) is -0.875. The summed E-state index contributed by atoms with van der Waals surface area (Å²) in [6, 6.07) is 2.36. The molecule has 0 aromatic heterocycles. The number of nitrogens with zero attached hydrogens (tertiary/aromatic N) is 1. The average molecular weight is 307 g/mol. The van der Waals surface area contributed by atoms with Crippen molar-refractivity contribution < 1.29 is 37.8 Å². The zero-order valence-electron chi connectivity index (χ0n) is 10.8. The van der Waals surface area contributed by atoms with Crippen molar-refractivity contribution >= 4 is 11.9 Å². The van der Waals surface area contributed by atoms with Gasteiger partial charge in [-0.1, -0.05) is 12.1 Å². The topological polar surface area (TPSA) is 87.1 Å². The summed E-state index contributed by atoms with van der Waals surface area (Å²) in [4.78, 5) is 27.0. The van der Waals surface area contributed by atoms with Crippen LogP contribution in [0.3, 0.4) is 0 Å². The van der Waals surface area contributed by atoms with Gasteiger partial charge in [-0.2, -0.15) is 13.2 Å². The van der Waals surface area contributed by atoms with E-state index < -0.39 is 41.9 Å². The molecule has 21 heavy (non-hydrogen) atoms. The Morgan fingerprint density at radius 3 is 2.38 bits per heavy atom. The number of carboxylic acids is 1. The third kappa shape index (κ3) is 4.17. The molecule has 2 N–H and O–H groups in total. The fourth-order valence-electron chi connectivity index (χ4n) is 1.50. The van der Waals surface area contributed by atoms with Crippen molar-refractivity contribution in [2.45, 2.75) is 12.2 Å². The zero-order valence-corrected chi connectivity index (χ0v) is 10.8. The number of alkyl halides is 3. The van der Waals surface area contributed by atoms with Crippen LogP contribution in [-0.4, -0.2) is 46.9 Å².